The van der Waals surface area contributed by atoms with Crippen molar-refractivity contribution >= 4 is 54.9 Å². The van der Waals surface area contributed by atoms with Gasteiger partial charge in [-0.25, -0.2) is 4.98 Å². The second-order valence-corrected chi connectivity index (χ2v) is 13.9. The smallest absolute Gasteiger partial charge is 0.147 e. The maximum Gasteiger partial charge on any atom is 0.147 e. The van der Waals surface area contributed by atoms with E-state index in [0.717, 1.165) is 83.1 Å². The molecule has 50 heavy (non-hydrogen) atoms. The van der Waals surface area contributed by atoms with Crippen LogP contribution < -0.4 is 0 Å². The summed E-state index contributed by atoms with van der Waals surface area (Å²) in [6.07, 6.45) is 0. The first-order valence-corrected chi connectivity index (χ1v) is 17.1. The lowest BCUT2D eigenvalue weighted by Gasteiger charge is -2.23. The summed E-state index contributed by atoms with van der Waals surface area (Å²) < 4.78 is 15.6. The van der Waals surface area contributed by atoms with Crippen LogP contribution in [0.15, 0.2) is 154 Å². The molecule has 0 aliphatic heterocycles. The Bertz CT molecular complexity index is 2920. The van der Waals surface area contributed by atoms with Crippen LogP contribution in [0.3, 0.4) is 0 Å². The van der Waals surface area contributed by atoms with Gasteiger partial charge in [-0.1, -0.05) is 111 Å². The summed E-state index contributed by atoms with van der Waals surface area (Å²) in [6, 6.07) is 51.5. The molecule has 7 aromatic carbocycles. The number of nitrogens with zero attached hydrogens (tertiary/aromatic N) is 2. The molecular formula is C46H30N2O2. The Hall–Kier alpha value is -6.39. The van der Waals surface area contributed by atoms with Gasteiger partial charge in [-0.3, -0.25) is 4.57 Å². The molecule has 0 saturated heterocycles. The minimum atomic E-state index is -0.255. The Balaban J connectivity index is 1.12. The van der Waals surface area contributed by atoms with Crippen LogP contribution in [-0.4, -0.2) is 9.55 Å². The molecule has 10 aromatic rings. The molecule has 236 valence electrons. The van der Waals surface area contributed by atoms with Crippen molar-refractivity contribution in [1.29, 1.82) is 0 Å². The van der Waals surface area contributed by atoms with E-state index in [9.17, 15) is 0 Å². The molecule has 0 spiro atoms. The lowest BCUT2D eigenvalue weighted by molar-refractivity contribution is 0.656. The van der Waals surface area contributed by atoms with Gasteiger partial charge < -0.3 is 8.83 Å². The highest BCUT2D eigenvalue weighted by Gasteiger charge is 2.37. The minimum Gasteiger partial charge on any atom is -0.455 e. The summed E-state index contributed by atoms with van der Waals surface area (Å²) in [7, 11) is 0. The number of benzene rings is 7. The maximum atomic E-state index is 6.65. The number of para-hydroxylation sites is 4. The Kier molecular flexibility index (Phi) is 5.42. The van der Waals surface area contributed by atoms with Gasteiger partial charge in [0.05, 0.1) is 16.6 Å². The van der Waals surface area contributed by atoms with Crippen LogP contribution in [0.2, 0.25) is 0 Å². The molecule has 1 aliphatic carbocycles. The van der Waals surface area contributed by atoms with Crippen molar-refractivity contribution in [2.24, 2.45) is 0 Å². The number of rotatable bonds is 3. The molecular weight excluding hydrogens is 613 g/mol. The zero-order chi connectivity index (χ0) is 33.1. The molecule has 0 unspecified atom stereocenters. The summed E-state index contributed by atoms with van der Waals surface area (Å²) in [4.78, 5) is 5.10. The number of furan rings is 2. The summed E-state index contributed by atoms with van der Waals surface area (Å²) in [5.74, 6) is 0.941. The van der Waals surface area contributed by atoms with E-state index >= 15 is 0 Å². The molecule has 0 amide bonds. The lowest BCUT2D eigenvalue weighted by Crippen LogP contribution is -2.15. The molecule has 0 N–H and O–H groups in total. The largest absolute Gasteiger partial charge is 0.455 e. The van der Waals surface area contributed by atoms with Crippen molar-refractivity contribution in [3.8, 4) is 39.3 Å². The highest BCUT2D eigenvalue weighted by Crippen LogP contribution is 2.52. The molecule has 0 bridgehead atoms. The van der Waals surface area contributed by atoms with Crippen molar-refractivity contribution < 1.29 is 8.83 Å². The highest BCUT2D eigenvalue weighted by molar-refractivity contribution is 6.22. The third-order valence-corrected chi connectivity index (χ3v) is 10.8. The Morgan fingerprint density at radius 3 is 1.84 bits per heavy atom. The van der Waals surface area contributed by atoms with Gasteiger partial charge in [-0.2, -0.15) is 0 Å². The minimum absolute atomic E-state index is 0.255. The lowest BCUT2D eigenvalue weighted by atomic mass is 9.81. The summed E-state index contributed by atoms with van der Waals surface area (Å²) >= 11 is 0. The van der Waals surface area contributed by atoms with Crippen LogP contribution in [0, 0.1) is 0 Å². The van der Waals surface area contributed by atoms with Gasteiger partial charge in [0.25, 0.3) is 0 Å². The second kappa shape index (κ2) is 9.83. The quantitative estimate of drug-likeness (QED) is 0.193. The number of imidazole rings is 1. The first-order valence-electron chi connectivity index (χ1n) is 17.1. The van der Waals surface area contributed by atoms with E-state index in [0.29, 0.717) is 0 Å². The molecule has 3 heterocycles. The van der Waals surface area contributed by atoms with Crippen molar-refractivity contribution in [2.75, 3.05) is 0 Å². The average molecular weight is 643 g/mol. The predicted molar refractivity (Wildman–Crippen MR) is 204 cm³/mol. The normalized spacial score (nSPS) is 13.6. The van der Waals surface area contributed by atoms with Crippen molar-refractivity contribution in [1.82, 2.24) is 9.55 Å². The zero-order valence-electron chi connectivity index (χ0n) is 27.6. The number of hydrogen-bond acceptors (Lipinski definition) is 3. The molecule has 0 saturated carbocycles. The molecule has 4 nitrogen and oxygen atoms in total. The van der Waals surface area contributed by atoms with Gasteiger partial charge in [0.1, 0.15) is 28.2 Å². The first-order chi connectivity index (χ1) is 24.5. The fraction of sp³-hybridized carbons (Fsp3) is 0.0652. The third kappa shape index (κ3) is 3.68. The summed E-state index contributed by atoms with van der Waals surface area (Å²) in [5.41, 5.74) is 14.7. The molecule has 4 heteroatoms. The first kappa shape index (κ1) is 27.5. The van der Waals surface area contributed by atoms with Crippen LogP contribution in [-0.2, 0) is 5.41 Å². The third-order valence-electron chi connectivity index (χ3n) is 10.8. The van der Waals surface area contributed by atoms with E-state index in [1.807, 2.05) is 30.3 Å². The van der Waals surface area contributed by atoms with Crippen LogP contribution >= 0.6 is 0 Å². The topological polar surface area (TPSA) is 44.1 Å². The SMILES string of the molecule is CC1(C)c2cc(-c3c4oc5ccccc5c4cc4c3oc3ccccc34)ccc2-c2ccc(-n3c(-c4ccccc4)nc4ccccc43)cc21. The van der Waals surface area contributed by atoms with Crippen LogP contribution in [0.5, 0.6) is 0 Å². The number of hydrogen-bond donors (Lipinski definition) is 0. The van der Waals surface area contributed by atoms with E-state index in [-0.39, 0.29) is 5.41 Å². The van der Waals surface area contributed by atoms with E-state index in [1.54, 1.807) is 0 Å². The average Bonchev–Trinajstić information content (AvgIpc) is 3.89. The van der Waals surface area contributed by atoms with E-state index in [1.165, 1.54) is 22.3 Å². The summed E-state index contributed by atoms with van der Waals surface area (Å²) in [6.45, 7) is 4.68. The maximum absolute atomic E-state index is 6.65. The van der Waals surface area contributed by atoms with E-state index in [4.69, 9.17) is 13.8 Å². The second-order valence-electron chi connectivity index (χ2n) is 13.9. The van der Waals surface area contributed by atoms with Crippen LogP contribution in [0.1, 0.15) is 25.0 Å². The van der Waals surface area contributed by atoms with E-state index < -0.39 is 0 Å². The monoisotopic (exact) mass is 642 g/mol. The number of fused-ring (bicyclic) bond motifs is 10. The van der Waals surface area contributed by atoms with Gasteiger partial charge in [0.2, 0.25) is 0 Å². The van der Waals surface area contributed by atoms with E-state index in [2.05, 4.69) is 134 Å². The van der Waals surface area contributed by atoms with Gasteiger partial charge >= 0.3 is 0 Å². The predicted octanol–water partition coefficient (Wildman–Crippen LogP) is 12.5. The van der Waals surface area contributed by atoms with Gasteiger partial charge in [-0.15, -0.1) is 0 Å². The van der Waals surface area contributed by atoms with Crippen molar-refractivity contribution in [2.45, 2.75) is 19.3 Å². The Labute approximate surface area is 287 Å². The van der Waals surface area contributed by atoms with Crippen LogP contribution in [0.4, 0.5) is 0 Å². The summed E-state index contributed by atoms with van der Waals surface area (Å²) in [5, 5.41) is 4.42. The molecule has 11 rings (SSSR count). The van der Waals surface area contributed by atoms with Crippen LogP contribution in [0.25, 0.3) is 94.2 Å². The number of aromatic nitrogens is 2. The fourth-order valence-electron chi connectivity index (χ4n) is 8.39. The van der Waals surface area contributed by atoms with Gasteiger partial charge in [0, 0.05) is 38.2 Å². The zero-order valence-corrected chi connectivity index (χ0v) is 27.6. The molecule has 0 radical (unpaired) electrons. The molecule has 0 fully saturated rings. The molecule has 0 atom stereocenters. The van der Waals surface area contributed by atoms with Crippen molar-refractivity contribution in [3.05, 3.63) is 157 Å². The molecule has 3 aromatic heterocycles. The Morgan fingerprint density at radius 2 is 1.12 bits per heavy atom. The fourth-order valence-corrected chi connectivity index (χ4v) is 8.39. The Morgan fingerprint density at radius 1 is 0.520 bits per heavy atom. The highest BCUT2D eigenvalue weighted by atomic mass is 16.3. The van der Waals surface area contributed by atoms with Crippen molar-refractivity contribution in [3.63, 3.8) is 0 Å². The van der Waals surface area contributed by atoms with Gasteiger partial charge in [0.15, 0.2) is 0 Å². The van der Waals surface area contributed by atoms with Gasteiger partial charge in [-0.05, 0) is 76.3 Å². The molecule has 1 aliphatic rings. The standard InChI is InChI=1S/C46H30N2O2/c1-46(2)36-24-28(42-43-34(32-14-6-10-18-40(32)49-43)26-35-33-15-7-11-19-41(33)50-44(35)42)20-22-30(36)31-23-21-29(25-37(31)46)48-39-17-9-8-16-38(39)47-45(48)27-12-4-3-5-13-27/h3-26H,1-2H3.